The zero-order valence-corrected chi connectivity index (χ0v) is 18.8. The average Bonchev–Trinajstić information content (AvgIpc) is 3.26. The molecule has 0 radical (unpaired) electrons. The number of halogens is 6. The molecule has 2 aromatic carbocycles. The number of thiophene rings is 1. The minimum Gasteiger partial charge on any atom is -0.475 e. The molecule has 0 aliphatic rings. The summed E-state index contributed by atoms with van der Waals surface area (Å²) < 4.78 is 71.3. The number of alkyl halides is 6. The van der Waals surface area contributed by atoms with Crippen molar-refractivity contribution < 1.29 is 41.4 Å². The summed E-state index contributed by atoms with van der Waals surface area (Å²) in [4.78, 5) is 18.0. The Morgan fingerprint density at radius 3 is 2.25 bits per heavy atom. The number of carbonyl (C=O) groups is 1. The fraction of sp³-hybridized carbons (Fsp3) is 0.174. The maximum atomic E-state index is 12.9. The van der Waals surface area contributed by atoms with Crippen LogP contribution in [0.1, 0.15) is 17.2 Å². The molecule has 0 bridgehead atoms. The number of rotatable bonds is 5. The number of aliphatic hydroxyl groups excluding tert-OH is 1. The number of carboxylic acid groups (broad SMARTS) is 1. The van der Waals surface area contributed by atoms with E-state index in [0.717, 1.165) is 27.3 Å². The SMILES string of the molecule is O=C(O)C(F)(F)F.O[C@@H](CNc1cc(-c2cc3cc(C(F)(F)F)ccc3s2)ncn1)c1ccccc1. The Bertz CT molecular complexity index is 1330. The first-order valence-electron chi connectivity index (χ1n) is 10.0. The van der Waals surface area contributed by atoms with Crippen molar-refractivity contribution in [2.24, 2.45) is 0 Å². The highest BCUT2D eigenvalue weighted by molar-refractivity contribution is 7.22. The van der Waals surface area contributed by atoms with Crippen LogP contribution in [0.5, 0.6) is 0 Å². The number of hydrogen-bond donors (Lipinski definition) is 3. The zero-order chi connectivity index (χ0) is 26.5. The van der Waals surface area contributed by atoms with E-state index in [1.807, 2.05) is 30.3 Å². The second-order valence-corrected chi connectivity index (χ2v) is 8.34. The van der Waals surface area contributed by atoms with Crippen LogP contribution in [0.4, 0.5) is 32.2 Å². The van der Waals surface area contributed by atoms with E-state index in [1.54, 1.807) is 12.1 Å². The van der Waals surface area contributed by atoms with Gasteiger partial charge in [0.25, 0.3) is 0 Å². The Morgan fingerprint density at radius 2 is 1.64 bits per heavy atom. The van der Waals surface area contributed by atoms with Crippen molar-refractivity contribution in [2.45, 2.75) is 18.5 Å². The number of fused-ring (bicyclic) bond motifs is 1. The van der Waals surface area contributed by atoms with Gasteiger partial charge in [-0.15, -0.1) is 11.3 Å². The molecule has 190 valence electrons. The van der Waals surface area contributed by atoms with Gasteiger partial charge in [-0.3, -0.25) is 0 Å². The Morgan fingerprint density at radius 1 is 0.972 bits per heavy atom. The summed E-state index contributed by atoms with van der Waals surface area (Å²) in [5.74, 6) is -2.23. The third-order valence-corrected chi connectivity index (χ3v) is 5.81. The predicted molar refractivity (Wildman–Crippen MR) is 121 cm³/mol. The zero-order valence-electron chi connectivity index (χ0n) is 18.0. The summed E-state index contributed by atoms with van der Waals surface area (Å²) >= 11 is 1.36. The Balaban J connectivity index is 0.000000454. The number of benzene rings is 2. The minimum atomic E-state index is -5.08. The van der Waals surface area contributed by atoms with Crippen molar-refractivity contribution in [3.05, 3.63) is 78.1 Å². The van der Waals surface area contributed by atoms with Crippen LogP contribution in [0.25, 0.3) is 20.7 Å². The molecule has 0 saturated carbocycles. The molecule has 0 amide bonds. The monoisotopic (exact) mass is 529 g/mol. The highest BCUT2D eigenvalue weighted by Crippen LogP contribution is 2.37. The molecule has 0 fully saturated rings. The van der Waals surface area contributed by atoms with E-state index in [4.69, 9.17) is 9.90 Å². The van der Waals surface area contributed by atoms with Crippen molar-refractivity contribution in [1.82, 2.24) is 9.97 Å². The predicted octanol–water partition coefficient (Wildman–Crippen LogP) is 6.16. The van der Waals surface area contributed by atoms with Crippen LogP contribution >= 0.6 is 11.3 Å². The maximum Gasteiger partial charge on any atom is 0.490 e. The van der Waals surface area contributed by atoms with Gasteiger partial charge >= 0.3 is 18.3 Å². The Labute approximate surface area is 203 Å². The second-order valence-electron chi connectivity index (χ2n) is 7.26. The Kier molecular flexibility index (Phi) is 8.15. The minimum absolute atomic E-state index is 0.266. The molecule has 0 saturated heterocycles. The van der Waals surface area contributed by atoms with Crippen LogP contribution in [-0.2, 0) is 11.0 Å². The topological polar surface area (TPSA) is 95.3 Å². The molecule has 36 heavy (non-hydrogen) atoms. The van der Waals surface area contributed by atoms with E-state index in [9.17, 15) is 31.4 Å². The molecule has 0 unspecified atom stereocenters. The third-order valence-electron chi connectivity index (χ3n) is 4.67. The van der Waals surface area contributed by atoms with Crippen LogP contribution in [0.2, 0.25) is 0 Å². The number of aromatic nitrogens is 2. The third kappa shape index (κ3) is 7.15. The summed E-state index contributed by atoms with van der Waals surface area (Å²) in [6.07, 6.45) is -8.76. The molecular formula is C23H17F6N3O3S. The first-order chi connectivity index (χ1) is 16.8. The lowest BCUT2D eigenvalue weighted by Crippen LogP contribution is -2.21. The summed E-state index contributed by atoms with van der Waals surface area (Å²) in [7, 11) is 0. The number of nitrogens with one attached hydrogen (secondary N) is 1. The van der Waals surface area contributed by atoms with Crippen LogP contribution in [0.15, 0.2) is 67.0 Å². The number of aliphatic hydroxyl groups is 1. The molecule has 0 aliphatic carbocycles. The Hall–Kier alpha value is -3.71. The molecule has 1 atom stereocenters. The number of anilines is 1. The molecule has 6 nitrogen and oxygen atoms in total. The quantitative estimate of drug-likeness (QED) is 0.268. The highest BCUT2D eigenvalue weighted by Gasteiger charge is 2.38. The highest BCUT2D eigenvalue weighted by atomic mass is 32.1. The summed E-state index contributed by atoms with van der Waals surface area (Å²) in [6.45, 7) is 0.266. The molecule has 2 heterocycles. The number of hydrogen-bond acceptors (Lipinski definition) is 6. The summed E-state index contributed by atoms with van der Waals surface area (Å²) in [5, 5.41) is 21.0. The molecule has 4 aromatic rings. The standard InChI is InChI=1S/C21H16F3N3OS.C2HF3O2/c22-21(23,24)15-6-7-18-14(8-15)9-19(29-18)16-10-20(27-12-26-16)25-11-17(28)13-4-2-1-3-5-13;3-2(4,5)1(6)7/h1-10,12,17,28H,11H2,(H,25,26,27);(H,6,7)/t17-;/m0./s1. The van der Waals surface area contributed by atoms with Gasteiger partial charge in [0.2, 0.25) is 0 Å². The number of carboxylic acids is 1. The van der Waals surface area contributed by atoms with Crippen LogP contribution < -0.4 is 5.32 Å². The van der Waals surface area contributed by atoms with Gasteiger partial charge in [-0.05, 0) is 35.2 Å². The number of aliphatic carboxylic acids is 1. The van der Waals surface area contributed by atoms with Crippen molar-refractivity contribution in [1.29, 1.82) is 0 Å². The molecule has 0 spiro atoms. The van der Waals surface area contributed by atoms with Gasteiger partial charge in [0.15, 0.2) is 0 Å². The molecule has 4 rings (SSSR count). The molecule has 2 aromatic heterocycles. The van der Waals surface area contributed by atoms with Gasteiger partial charge < -0.3 is 15.5 Å². The van der Waals surface area contributed by atoms with Gasteiger partial charge in [-0.2, -0.15) is 26.3 Å². The van der Waals surface area contributed by atoms with E-state index in [0.29, 0.717) is 16.9 Å². The smallest absolute Gasteiger partial charge is 0.475 e. The van der Waals surface area contributed by atoms with Crippen LogP contribution in [0.3, 0.4) is 0 Å². The lowest BCUT2D eigenvalue weighted by Gasteiger charge is -2.12. The van der Waals surface area contributed by atoms with E-state index in [-0.39, 0.29) is 6.54 Å². The van der Waals surface area contributed by atoms with Gasteiger partial charge in [0.05, 0.1) is 22.2 Å². The van der Waals surface area contributed by atoms with E-state index >= 15 is 0 Å². The normalized spacial score (nSPS) is 12.5. The van der Waals surface area contributed by atoms with Gasteiger partial charge in [0, 0.05) is 17.3 Å². The van der Waals surface area contributed by atoms with Gasteiger partial charge in [0.1, 0.15) is 12.1 Å². The van der Waals surface area contributed by atoms with Crippen LogP contribution in [0, 0.1) is 0 Å². The summed E-state index contributed by atoms with van der Waals surface area (Å²) in [5.41, 5.74) is 0.722. The van der Waals surface area contributed by atoms with Crippen molar-refractivity contribution >= 4 is 33.2 Å². The second kappa shape index (κ2) is 10.9. The first kappa shape index (κ1) is 26.9. The fourth-order valence-corrected chi connectivity index (χ4v) is 3.94. The largest absolute Gasteiger partial charge is 0.490 e. The lowest BCUT2D eigenvalue weighted by atomic mass is 10.1. The van der Waals surface area contributed by atoms with Gasteiger partial charge in [-0.1, -0.05) is 30.3 Å². The number of nitrogens with zero attached hydrogens (tertiary/aromatic N) is 2. The average molecular weight is 529 g/mol. The van der Waals surface area contributed by atoms with E-state index in [2.05, 4.69) is 15.3 Å². The van der Waals surface area contributed by atoms with Crippen molar-refractivity contribution in [2.75, 3.05) is 11.9 Å². The van der Waals surface area contributed by atoms with Crippen LogP contribution in [-0.4, -0.2) is 38.9 Å². The fourth-order valence-electron chi connectivity index (χ4n) is 2.93. The van der Waals surface area contributed by atoms with Gasteiger partial charge in [-0.25, -0.2) is 14.8 Å². The molecule has 13 heteroatoms. The molecule has 3 N–H and O–H groups in total. The summed E-state index contributed by atoms with van der Waals surface area (Å²) in [6, 6.07) is 16.4. The van der Waals surface area contributed by atoms with Crippen molar-refractivity contribution in [3.63, 3.8) is 0 Å². The van der Waals surface area contributed by atoms with E-state index < -0.39 is 30.0 Å². The van der Waals surface area contributed by atoms with Crippen molar-refractivity contribution in [3.8, 4) is 10.6 Å². The molecule has 0 aliphatic heterocycles. The lowest BCUT2D eigenvalue weighted by molar-refractivity contribution is -0.192. The first-order valence-corrected chi connectivity index (χ1v) is 10.9. The maximum absolute atomic E-state index is 12.9. The van der Waals surface area contributed by atoms with E-state index in [1.165, 1.54) is 23.7 Å². The molecular weight excluding hydrogens is 512 g/mol.